The van der Waals surface area contributed by atoms with Crippen molar-refractivity contribution in [3.05, 3.63) is 29.8 Å². The number of nitrogens with zero attached hydrogens (tertiary/aromatic N) is 3. The third kappa shape index (κ3) is 3.92. The van der Waals surface area contributed by atoms with E-state index in [0.717, 1.165) is 31.5 Å². The van der Waals surface area contributed by atoms with Crippen LogP contribution in [-0.2, 0) is 0 Å². The van der Waals surface area contributed by atoms with Crippen LogP contribution >= 0.6 is 0 Å². The number of nitrogens with two attached hydrogens (primary N) is 1. The van der Waals surface area contributed by atoms with Crippen LogP contribution in [0.15, 0.2) is 34.3 Å². The molecule has 0 bridgehead atoms. The standard InChI is InChI=1S/C18H26N6O/c1-2-9-20-18(25)21-10-5-6-11-24-12-22-15-16(24)13-7-3-4-8-14(13)23-17(15)19/h3-4,7-8,12,15-16H,2,5-6,9-11H2,1H3,(H2,19,23)(H2,20,21,25). The molecule has 0 radical (unpaired) electrons. The molecule has 134 valence electrons. The lowest BCUT2D eigenvalue weighted by molar-refractivity contribution is 0.240. The van der Waals surface area contributed by atoms with E-state index in [1.807, 2.05) is 31.5 Å². The topological polar surface area (TPSA) is 95.1 Å². The molecule has 2 amide bonds. The summed E-state index contributed by atoms with van der Waals surface area (Å²) in [5.74, 6) is 0.580. The highest BCUT2D eigenvalue weighted by Crippen LogP contribution is 2.39. The van der Waals surface area contributed by atoms with E-state index in [-0.39, 0.29) is 18.1 Å². The molecule has 4 N–H and O–H groups in total. The second-order valence-electron chi connectivity index (χ2n) is 6.38. The molecule has 2 aliphatic heterocycles. The maximum atomic E-state index is 11.5. The molecule has 0 aromatic heterocycles. The minimum atomic E-state index is -0.0900. The van der Waals surface area contributed by atoms with Gasteiger partial charge in [-0.25, -0.2) is 9.79 Å². The highest BCUT2D eigenvalue weighted by Gasteiger charge is 2.38. The van der Waals surface area contributed by atoms with Crippen LogP contribution in [0.1, 0.15) is 37.8 Å². The number of carbonyl (C=O) groups is 1. The van der Waals surface area contributed by atoms with Gasteiger partial charge in [0.25, 0.3) is 0 Å². The van der Waals surface area contributed by atoms with E-state index in [1.54, 1.807) is 0 Å². The van der Waals surface area contributed by atoms with Crippen LogP contribution in [0.25, 0.3) is 0 Å². The van der Waals surface area contributed by atoms with Crippen molar-refractivity contribution in [2.75, 3.05) is 19.6 Å². The quantitative estimate of drug-likeness (QED) is 0.661. The zero-order valence-electron chi connectivity index (χ0n) is 14.6. The fraction of sp³-hybridized carbons (Fsp3) is 0.500. The number of nitrogens with one attached hydrogen (secondary N) is 2. The molecule has 25 heavy (non-hydrogen) atoms. The lowest BCUT2D eigenvalue weighted by Crippen LogP contribution is -2.39. The number of fused-ring (bicyclic) bond motifs is 3. The first-order valence-electron chi connectivity index (χ1n) is 8.94. The fourth-order valence-electron chi connectivity index (χ4n) is 3.24. The van der Waals surface area contributed by atoms with Crippen LogP contribution in [0.3, 0.4) is 0 Å². The van der Waals surface area contributed by atoms with Crippen LogP contribution in [0.2, 0.25) is 0 Å². The monoisotopic (exact) mass is 342 g/mol. The number of amidine groups is 1. The van der Waals surface area contributed by atoms with Gasteiger partial charge in [0, 0.05) is 25.2 Å². The van der Waals surface area contributed by atoms with E-state index in [1.165, 1.54) is 5.56 Å². The number of rotatable bonds is 7. The van der Waals surface area contributed by atoms with Crippen molar-refractivity contribution in [1.82, 2.24) is 15.5 Å². The molecule has 2 atom stereocenters. The molecule has 0 fully saturated rings. The first-order chi connectivity index (χ1) is 12.2. The third-order valence-corrected chi connectivity index (χ3v) is 4.50. The highest BCUT2D eigenvalue weighted by molar-refractivity contribution is 5.94. The average Bonchev–Trinajstić information content (AvgIpc) is 3.05. The predicted octanol–water partition coefficient (Wildman–Crippen LogP) is 1.93. The molecule has 1 aromatic rings. The molecular formula is C18H26N6O. The number of urea groups is 1. The van der Waals surface area contributed by atoms with Crippen molar-refractivity contribution in [2.45, 2.75) is 38.3 Å². The normalized spacial score (nSPS) is 20.7. The first kappa shape index (κ1) is 17.3. The Morgan fingerprint density at radius 2 is 2.04 bits per heavy atom. The number of amides is 2. The second-order valence-corrected chi connectivity index (χ2v) is 6.38. The SMILES string of the molecule is CCCNC(=O)NCCCCN1C=NC2C(N)=Nc3ccccc3C21. The summed E-state index contributed by atoms with van der Waals surface area (Å²) in [7, 11) is 0. The molecule has 7 heteroatoms. The number of hydrogen-bond donors (Lipinski definition) is 3. The van der Waals surface area contributed by atoms with Gasteiger partial charge in [0.15, 0.2) is 0 Å². The summed E-state index contributed by atoms with van der Waals surface area (Å²) in [5.41, 5.74) is 8.21. The van der Waals surface area contributed by atoms with Gasteiger partial charge in [0.2, 0.25) is 0 Å². The van der Waals surface area contributed by atoms with Crippen molar-refractivity contribution in [2.24, 2.45) is 15.7 Å². The minimum absolute atomic E-state index is 0.0881. The third-order valence-electron chi connectivity index (χ3n) is 4.50. The largest absolute Gasteiger partial charge is 0.385 e. The molecule has 2 unspecified atom stereocenters. The van der Waals surface area contributed by atoms with E-state index < -0.39 is 0 Å². The van der Waals surface area contributed by atoms with Crippen LogP contribution < -0.4 is 16.4 Å². The van der Waals surface area contributed by atoms with Gasteiger partial charge in [-0.15, -0.1) is 0 Å². The summed E-state index contributed by atoms with van der Waals surface area (Å²) >= 11 is 0. The molecule has 0 saturated heterocycles. The number of para-hydroxylation sites is 1. The van der Waals surface area contributed by atoms with Crippen molar-refractivity contribution in [3.8, 4) is 0 Å². The van der Waals surface area contributed by atoms with E-state index in [2.05, 4.69) is 31.6 Å². The zero-order chi connectivity index (χ0) is 17.6. The van der Waals surface area contributed by atoms with Gasteiger partial charge in [-0.1, -0.05) is 25.1 Å². The van der Waals surface area contributed by atoms with Gasteiger partial charge >= 0.3 is 6.03 Å². The second kappa shape index (κ2) is 8.00. The maximum Gasteiger partial charge on any atom is 0.314 e. The van der Waals surface area contributed by atoms with E-state index >= 15 is 0 Å². The van der Waals surface area contributed by atoms with Gasteiger partial charge in [-0.2, -0.15) is 0 Å². The molecule has 0 saturated carbocycles. The van der Waals surface area contributed by atoms with Gasteiger partial charge < -0.3 is 21.3 Å². The van der Waals surface area contributed by atoms with Crippen LogP contribution in [0, 0.1) is 0 Å². The van der Waals surface area contributed by atoms with Crippen molar-refractivity contribution < 1.29 is 4.79 Å². The molecule has 2 aliphatic rings. The Labute approximate surface area is 148 Å². The van der Waals surface area contributed by atoms with Gasteiger partial charge in [-0.05, 0) is 25.3 Å². The number of benzene rings is 1. The molecular weight excluding hydrogens is 316 g/mol. The molecule has 0 spiro atoms. The predicted molar refractivity (Wildman–Crippen MR) is 100 cm³/mol. The van der Waals surface area contributed by atoms with Crippen LogP contribution in [-0.4, -0.2) is 48.8 Å². The summed E-state index contributed by atoms with van der Waals surface area (Å²) in [5, 5.41) is 5.69. The zero-order valence-corrected chi connectivity index (χ0v) is 14.6. The lowest BCUT2D eigenvalue weighted by atomic mass is 9.94. The Balaban J connectivity index is 1.49. The van der Waals surface area contributed by atoms with Crippen molar-refractivity contribution in [1.29, 1.82) is 0 Å². The Hall–Kier alpha value is -2.57. The molecule has 7 nitrogen and oxygen atoms in total. The van der Waals surface area contributed by atoms with Crippen molar-refractivity contribution in [3.63, 3.8) is 0 Å². The Morgan fingerprint density at radius 1 is 1.24 bits per heavy atom. The minimum Gasteiger partial charge on any atom is -0.385 e. The Morgan fingerprint density at radius 3 is 2.88 bits per heavy atom. The highest BCUT2D eigenvalue weighted by atomic mass is 16.2. The van der Waals surface area contributed by atoms with E-state index in [0.29, 0.717) is 18.9 Å². The Bertz CT molecular complexity index is 671. The molecule has 0 aliphatic carbocycles. The smallest absolute Gasteiger partial charge is 0.314 e. The summed E-state index contributed by atoms with van der Waals surface area (Å²) in [6.45, 7) is 4.30. The fourth-order valence-corrected chi connectivity index (χ4v) is 3.24. The average molecular weight is 342 g/mol. The van der Waals surface area contributed by atoms with Gasteiger partial charge in [0.1, 0.15) is 11.9 Å². The maximum absolute atomic E-state index is 11.5. The molecule has 3 rings (SSSR count). The summed E-state index contributed by atoms with van der Waals surface area (Å²) < 4.78 is 0. The van der Waals surface area contributed by atoms with Gasteiger partial charge in [-0.3, -0.25) is 4.99 Å². The number of hydrogen-bond acceptors (Lipinski definition) is 5. The van der Waals surface area contributed by atoms with Crippen molar-refractivity contribution >= 4 is 23.9 Å². The number of carbonyl (C=O) groups excluding carboxylic acids is 1. The summed E-state index contributed by atoms with van der Waals surface area (Å²) in [6, 6.07) is 8.06. The molecule has 1 aromatic carbocycles. The van der Waals surface area contributed by atoms with E-state index in [9.17, 15) is 4.79 Å². The Kier molecular flexibility index (Phi) is 5.53. The number of aliphatic imine (C=N–C) groups is 2. The molecule has 2 heterocycles. The lowest BCUT2D eigenvalue weighted by Gasteiger charge is -2.31. The van der Waals surface area contributed by atoms with Gasteiger partial charge in [0.05, 0.1) is 18.1 Å². The first-order valence-corrected chi connectivity index (χ1v) is 8.94. The van der Waals surface area contributed by atoms with Crippen LogP contribution in [0.5, 0.6) is 0 Å². The summed E-state index contributed by atoms with van der Waals surface area (Å²) in [6.07, 6.45) is 4.73. The number of unbranched alkanes of at least 4 members (excludes halogenated alkanes) is 1. The van der Waals surface area contributed by atoms with E-state index in [4.69, 9.17) is 5.73 Å². The van der Waals surface area contributed by atoms with Crippen LogP contribution in [0.4, 0.5) is 10.5 Å². The summed E-state index contributed by atoms with van der Waals surface area (Å²) in [4.78, 5) is 22.8.